The lowest BCUT2D eigenvalue weighted by Crippen LogP contribution is -2.19. The molecular weight excluding hydrogens is 394 g/mol. The molecule has 136 valence electrons. The summed E-state index contributed by atoms with van der Waals surface area (Å²) < 4.78 is 45.8. The van der Waals surface area contributed by atoms with E-state index in [-0.39, 0.29) is 17.4 Å². The summed E-state index contributed by atoms with van der Waals surface area (Å²) in [6.07, 6.45) is -2.53. The molecule has 0 saturated carbocycles. The number of nitrogens with zero attached hydrogens (tertiary/aromatic N) is 3. The molecule has 0 N–H and O–H groups in total. The first-order valence-electron chi connectivity index (χ1n) is 7.30. The van der Waals surface area contributed by atoms with Crippen molar-refractivity contribution in [3.63, 3.8) is 0 Å². The topological polar surface area (TPSA) is 56.5 Å². The molecular formula is C16H10Cl2F3N3O2. The van der Waals surface area contributed by atoms with Gasteiger partial charge in [-0.25, -0.2) is 14.8 Å². The first kappa shape index (κ1) is 18.5. The summed E-state index contributed by atoms with van der Waals surface area (Å²) in [6, 6.07) is 4.66. The van der Waals surface area contributed by atoms with Crippen LogP contribution in [0.1, 0.15) is 23.0 Å². The maximum Gasteiger partial charge on any atom is 0.434 e. The van der Waals surface area contributed by atoms with Crippen LogP contribution in [-0.2, 0) is 10.9 Å². The maximum atomic E-state index is 13.3. The average molecular weight is 404 g/mol. The number of carbonyl (C=O) groups is 1. The summed E-state index contributed by atoms with van der Waals surface area (Å²) in [5.74, 6) is -1.36. The SMILES string of the molecule is CCOC(=O)c1cn2c(-c3ccc(Cl)cc3Cl)cnc2nc1C(F)(F)F. The Hall–Kier alpha value is -2.32. The minimum absolute atomic E-state index is 0.0754. The fourth-order valence-electron chi connectivity index (χ4n) is 2.38. The van der Waals surface area contributed by atoms with Crippen LogP contribution in [0, 0.1) is 0 Å². The molecule has 0 radical (unpaired) electrons. The van der Waals surface area contributed by atoms with Gasteiger partial charge in [0.2, 0.25) is 5.78 Å². The normalized spacial score (nSPS) is 11.8. The molecule has 5 nitrogen and oxygen atoms in total. The van der Waals surface area contributed by atoms with Gasteiger partial charge in [-0.1, -0.05) is 23.2 Å². The number of esters is 1. The van der Waals surface area contributed by atoms with Gasteiger partial charge in [-0.3, -0.25) is 4.40 Å². The van der Waals surface area contributed by atoms with Crippen molar-refractivity contribution in [2.45, 2.75) is 13.1 Å². The van der Waals surface area contributed by atoms with Gasteiger partial charge < -0.3 is 4.74 Å². The number of rotatable bonds is 3. The van der Waals surface area contributed by atoms with E-state index in [1.165, 1.54) is 23.6 Å². The van der Waals surface area contributed by atoms with E-state index in [1.807, 2.05) is 0 Å². The van der Waals surface area contributed by atoms with Gasteiger partial charge in [0.25, 0.3) is 0 Å². The highest BCUT2D eigenvalue weighted by Crippen LogP contribution is 2.34. The third-order valence-corrected chi connectivity index (χ3v) is 4.02. The van der Waals surface area contributed by atoms with Gasteiger partial charge in [-0.2, -0.15) is 13.2 Å². The first-order valence-corrected chi connectivity index (χ1v) is 8.05. The van der Waals surface area contributed by atoms with Gasteiger partial charge in [-0.15, -0.1) is 0 Å². The summed E-state index contributed by atoms with van der Waals surface area (Å²) in [5, 5.41) is 0.675. The fourth-order valence-corrected chi connectivity index (χ4v) is 2.89. The lowest BCUT2D eigenvalue weighted by molar-refractivity contribution is -0.141. The first-order chi connectivity index (χ1) is 12.2. The summed E-state index contributed by atoms with van der Waals surface area (Å²) in [6.45, 7) is 1.42. The predicted octanol–water partition coefficient (Wildman–Crippen LogP) is 4.90. The second-order valence-electron chi connectivity index (χ2n) is 5.16. The van der Waals surface area contributed by atoms with Crippen molar-refractivity contribution in [2.24, 2.45) is 0 Å². The van der Waals surface area contributed by atoms with Gasteiger partial charge >= 0.3 is 12.1 Å². The van der Waals surface area contributed by atoms with Crippen molar-refractivity contribution >= 4 is 34.9 Å². The lowest BCUT2D eigenvalue weighted by Gasteiger charge is -2.12. The molecule has 0 unspecified atom stereocenters. The number of aromatic nitrogens is 3. The minimum atomic E-state index is -4.84. The molecule has 3 aromatic rings. The highest BCUT2D eigenvalue weighted by atomic mass is 35.5. The van der Waals surface area contributed by atoms with Crippen molar-refractivity contribution in [1.82, 2.24) is 14.4 Å². The van der Waals surface area contributed by atoms with Crippen LogP contribution in [0.3, 0.4) is 0 Å². The standard InChI is InChI=1S/C16H10Cl2F3N3O2/c1-2-26-14(25)10-7-24-12(9-4-3-8(17)5-11(9)18)6-22-15(24)23-13(10)16(19,20)21/h3-7H,2H2,1H3. The van der Waals surface area contributed by atoms with Crippen LogP contribution in [0.4, 0.5) is 13.2 Å². The average Bonchev–Trinajstić information content (AvgIpc) is 2.96. The molecule has 1 aromatic carbocycles. The van der Waals surface area contributed by atoms with Crippen molar-refractivity contribution in [3.8, 4) is 11.3 Å². The van der Waals surface area contributed by atoms with Crippen molar-refractivity contribution < 1.29 is 22.7 Å². The molecule has 2 aromatic heterocycles. The van der Waals surface area contributed by atoms with Crippen molar-refractivity contribution in [1.29, 1.82) is 0 Å². The third-order valence-electron chi connectivity index (χ3n) is 3.47. The fraction of sp³-hybridized carbons (Fsp3) is 0.188. The number of halogens is 5. The molecule has 0 saturated heterocycles. The smallest absolute Gasteiger partial charge is 0.434 e. The molecule has 2 heterocycles. The minimum Gasteiger partial charge on any atom is -0.462 e. The van der Waals surface area contributed by atoms with Crippen LogP contribution in [0.25, 0.3) is 17.0 Å². The summed E-state index contributed by atoms with van der Waals surface area (Å²) in [5.41, 5.74) is -1.24. The van der Waals surface area contributed by atoms with Gasteiger partial charge in [0.05, 0.1) is 23.5 Å². The van der Waals surface area contributed by atoms with Gasteiger partial charge in [0.15, 0.2) is 5.69 Å². The third kappa shape index (κ3) is 3.34. The number of ether oxygens (including phenoxy) is 1. The number of fused-ring (bicyclic) bond motifs is 1. The van der Waals surface area contributed by atoms with Gasteiger partial charge in [0.1, 0.15) is 5.56 Å². The largest absolute Gasteiger partial charge is 0.462 e. The van der Waals surface area contributed by atoms with E-state index in [1.54, 1.807) is 12.1 Å². The van der Waals surface area contributed by atoms with E-state index >= 15 is 0 Å². The van der Waals surface area contributed by atoms with E-state index in [0.717, 1.165) is 6.20 Å². The van der Waals surface area contributed by atoms with Crippen molar-refractivity contribution in [2.75, 3.05) is 6.61 Å². The Morgan fingerprint density at radius 3 is 2.65 bits per heavy atom. The number of carbonyl (C=O) groups excluding carboxylic acids is 1. The van der Waals surface area contributed by atoms with E-state index in [0.29, 0.717) is 16.3 Å². The number of hydrogen-bond acceptors (Lipinski definition) is 4. The Bertz CT molecular complexity index is 1000. The van der Waals surface area contributed by atoms with Gasteiger partial charge in [-0.05, 0) is 25.1 Å². The monoisotopic (exact) mass is 403 g/mol. The van der Waals surface area contributed by atoms with Crippen LogP contribution in [0.15, 0.2) is 30.6 Å². The highest BCUT2D eigenvalue weighted by Gasteiger charge is 2.39. The molecule has 0 bridgehead atoms. The molecule has 0 amide bonds. The van der Waals surface area contributed by atoms with Crippen LogP contribution in [-0.4, -0.2) is 26.9 Å². The van der Waals surface area contributed by atoms with E-state index in [9.17, 15) is 18.0 Å². The molecule has 0 aliphatic carbocycles. The molecule has 10 heteroatoms. The highest BCUT2D eigenvalue weighted by molar-refractivity contribution is 6.36. The number of alkyl halides is 3. The van der Waals surface area contributed by atoms with Gasteiger partial charge in [0, 0.05) is 16.8 Å². The Balaban J connectivity index is 2.26. The Kier molecular flexibility index (Phi) is 4.81. The molecule has 0 aliphatic heterocycles. The molecule has 0 aliphatic rings. The Morgan fingerprint density at radius 1 is 1.31 bits per heavy atom. The Labute approximate surface area is 155 Å². The zero-order chi connectivity index (χ0) is 19.1. The van der Waals surface area contributed by atoms with E-state index in [2.05, 4.69) is 9.97 Å². The van der Waals surface area contributed by atoms with Crippen LogP contribution in [0.2, 0.25) is 10.0 Å². The zero-order valence-electron chi connectivity index (χ0n) is 13.1. The molecule has 0 fully saturated rings. The number of benzene rings is 1. The molecule has 3 rings (SSSR count). The second-order valence-corrected chi connectivity index (χ2v) is 6.00. The Morgan fingerprint density at radius 2 is 2.04 bits per heavy atom. The molecule has 0 spiro atoms. The lowest BCUT2D eigenvalue weighted by atomic mass is 10.1. The van der Waals surface area contributed by atoms with Crippen molar-refractivity contribution in [3.05, 3.63) is 51.9 Å². The summed E-state index contributed by atoms with van der Waals surface area (Å²) >= 11 is 12.0. The molecule has 26 heavy (non-hydrogen) atoms. The van der Waals surface area contributed by atoms with E-state index in [4.69, 9.17) is 27.9 Å². The molecule has 0 atom stereocenters. The second kappa shape index (κ2) is 6.77. The predicted molar refractivity (Wildman–Crippen MR) is 89.4 cm³/mol. The quantitative estimate of drug-likeness (QED) is 0.583. The van der Waals surface area contributed by atoms with Crippen LogP contribution < -0.4 is 0 Å². The maximum absolute atomic E-state index is 13.3. The summed E-state index contributed by atoms with van der Waals surface area (Å²) in [4.78, 5) is 19.4. The zero-order valence-corrected chi connectivity index (χ0v) is 14.7. The summed E-state index contributed by atoms with van der Waals surface area (Å²) in [7, 11) is 0. The number of imidazole rings is 1. The van der Waals surface area contributed by atoms with Crippen LogP contribution in [0.5, 0.6) is 0 Å². The van der Waals surface area contributed by atoms with Crippen LogP contribution >= 0.6 is 23.2 Å². The van der Waals surface area contributed by atoms with E-state index < -0.39 is 23.4 Å². The number of hydrogen-bond donors (Lipinski definition) is 0.